The Balaban J connectivity index is 1.67. The van der Waals surface area contributed by atoms with Gasteiger partial charge in [-0.1, -0.05) is 41.9 Å². The summed E-state index contributed by atoms with van der Waals surface area (Å²) >= 11 is 5.64. The van der Waals surface area contributed by atoms with Crippen molar-refractivity contribution < 1.29 is 17.9 Å². The molecular formula is C22H18ClF3N2O. The largest absolute Gasteiger partial charge is 0.457 e. The second kappa shape index (κ2) is 8.49. The minimum absolute atomic E-state index is 0.214. The summed E-state index contributed by atoms with van der Waals surface area (Å²) in [4.78, 5) is 0. The molecule has 0 aliphatic carbocycles. The fraction of sp³-hybridized carbons (Fsp3) is 0.0909. The van der Waals surface area contributed by atoms with Crippen LogP contribution in [-0.4, -0.2) is 0 Å². The van der Waals surface area contributed by atoms with Gasteiger partial charge in [0.2, 0.25) is 0 Å². The number of nitrogens with one attached hydrogen (secondary N) is 2. The number of anilines is 2. The molecule has 0 aromatic heterocycles. The van der Waals surface area contributed by atoms with E-state index in [2.05, 4.69) is 17.2 Å². The summed E-state index contributed by atoms with van der Waals surface area (Å²) in [5, 5.41) is 5.44. The van der Waals surface area contributed by atoms with Gasteiger partial charge in [-0.3, -0.25) is 0 Å². The van der Waals surface area contributed by atoms with Crippen molar-refractivity contribution in [3.63, 3.8) is 0 Å². The molecule has 0 saturated heterocycles. The molecule has 3 aromatic rings. The zero-order chi connectivity index (χ0) is 21.0. The van der Waals surface area contributed by atoms with E-state index in [4.69, 9.17) is 16.3 Å². The van der Waals surface area contributed by atoms with Crippen LogP contribution in [0.25, 0.3) is 0 Å². The van der Waals surface area contributed by atoms with Crippen LogP contribution in [0, 0.1) is 6.92 Å². The zero-order valence-electron chi connectivity index (χ0n) is 15.5. The Labute approximate surface area is 171 Å². The van der Waals surface area contributed by atoms with Crippen LogP contribution in [0.4, 0.5) is 24.5 Å². The first-order valence-corrected chi connectivity index (χ1v) is 9.03. The molecule has 0 fully saturated rings. The fourth-order valence-corrected chi connectivity index (χ4v) is 2.80. The van der Waals surface area contributed by atoms with E-state index < -0.39 is 11.7 Å². The lowest BCUT2D eigenvalue weighted by atomic mass is 10.2. The molecule has 3 nitrogen and oxygen atoms in total. The minimum atomic E-state index is -4.54. The van der Waals surface area contributed by atoms with Gasteiger partial charge in [-0.2, -0.15) is 13.2 Å². The van der Waals surface area contributed by atoms with Crippen LogP contribution in [0.15, 0.2) is 79.1 Å². The Morgan fingerprint density at radius 3 is 2.21 bits per heavy atom. The molecular weight excluding hydrogens is 401 g/mol. The Kier molecular flexibility index (Phi) is 6.03. The fourth-order valence-electron chi connectivity index (χ4n) is 2.58. The molecule has 0 atom stereocenters. The number of rotatable bonds is 6. The van der Waals surface area contributed by atoms with Crippen molar-refractivity contribution >= 4 is 23.0 Å². The summed E-state index contributed by atoms with van der Waals surface area (Å²) in [5.74, 6) is 1.61. The third-order valence-corrected chi connectivity index (χ3v) is 4.28. The lowest BCUT2D eigenvalue weighted by Gasteiger charge is -2.15. The molecule has 2 N–H and O–H groups in total. The summed E-state index contributed by atoms with van der Waals surface area (Å²) < 4.78 is 44.8. The van der Waals surface area contributed by atoms with E-state index in [1.54, 1.807) is 24.3 Å². The van der Waals surface area contributed by atoms with E-state index in [0.717, 1.165) is 11.6 Å². The number of hydrogen-bond donors (Lipinski definition) is 2. The van der Waals surface area contributed by atoms with E-state index in [9.17, 15) is 13.2 Å². The Morgan fingerprint density at radius 1 is 0.897 bits per heavy atom. The summed E-state index contributed by atoms with van der Waals surface area (Å²) in [6, 6.07) is 18.4. The second-order valence-electron chi connectivity index (χ2n) is 6.36. The average molecular weight is 419 g/mol. The number of benzene rings is 3. The van der Waals surface area contributed by atoms with Crippen molar-refractivity contribution in [1.82, 2.24) is 0 Å². The summed E-state index contributed by atoms with van der Waals surface area (Å²) in [5.41, 5.74) is 1.10. The highest BCUT2D eigenvalue weighted by atomic mass is 35.5. The first-order chi connectivity index (χ1) is 13.7. The van der Waals surface area contributed by atoms with E-state index >= 15 is 0 Å². The molecule has 3 rings (SSSR count). The molecule has 0 aliphatic heterocycles. The lowest BCUT2D eigenvalue weighted by molar-refractivity contribution is -0.137. The number of halogens is 4. The molecule has 0 aliphatic rings. The van der Waals surface area contributed by atoms with Gasteiger partial charge in [0.15, 0.2) is 0 Å². The van der Waals surface area contributed by atoms with Crippen LogP contribution in [-0.2, 0) is 6.18 Å². The smallest absolute Gasteiger partial charge is 0.417 e. The second-order valence-corrected chi connectivity index (χ2v) is 6.77. The molecule has 0 spiro atoms. The van der Waals surface area contributed by atoms with E-state index in [-0.39, 0.29) is 10.7 Å². The van der Waals surface area contributed by atoms with Crippen LogP contribution in [0.5, 0.6) is 11.5 Å². The first kappa shape index (κ1) is 20.6. The number of aryl methyl sites for hydroxylation is 1. The predicted molar refractivity (Wildman–Crippen MR) is 111 cm³/mol. The monoisotopic (exact) mass is 418 g/mol. The normalized spacial score (nSPS) is 11.1. The maximum Gasteiger partial charge on any atom is 0.417 e. The van der Waals surface area contributed by atoms with Crippen molar-refractivity contribution in [3.8, 4) is 11.5 Å². The van der Waals surface area contributed by atoms with Gasteiger partial charge in [-0.15, -0.1) is 0 Å². The third kappa shape index (κ3) is 5.68. The van der Waals surface area contributed by atoms with Crippen LogP contribution in [0.2, 0.25) is 5.02 Å². The van der Waals surface area contributed by atoms with Crippen LogP contribution in [0.1, 0.15) is 11.1 Å². The van der Waals surface area contributed by atoms with Crippen molar-refractivity contribution in [2.24, 2.45) is 0 Å². The number of alkyl halides is 3. The Hall–Kier alpha value is -3.12. The van der Waals surface area contributed by atoms with Gasteiger partial charge >= 0.3 is 6.18 Å². The van der Waals surface area contributed by atoms with Crippen LogP contribution in [0.3, 0.4) is 0 Å². The number of ether oxygens (including phenoxy) is 1. The van der Waals surface area contributed by atoms with Gasteiger partial charge in [0.25, 0.3) is 0 Å². The topological polar surface area (TPSA) is 33.3 Å². The van der Waals surface area contributed by atoms with Gasteiger partial charge in [-0.05, 0) is 49.4 Å². The van der Waals surface area contributed by atoms with Gasteiger partial charge < -0.3 is 15.4 Å². The summed E-state index contributed by atoms with van der Waals surface area (Å²) in [7, 11) is 0. The summed E-state index contributed by atoms with van der Waals surface area (Å²) in [6.07, 6.45) is -4.54. The molecule has 0 radical (unpaired) electrons. The number of hydrogen-bond acceptors (Lipinski definition) is 3. The molecule has 3 aromatic carbocycles. The molecule has 0 amide bonds. The van der Waals surface area contributed by atoms with E-state index in [1.807, 2.05) is 31.2 Å². The maximum atomic E-state index is 13.0. The molecule has 7 heteroatoms. The highest BCUT2D eigenvalue weighted by Crippen LogP contribution is 2.36. The molecule has 150 valence electrons. The maximum absolute atomic E-state index is 13.0. The summed E-state index contributed by atoms with van der Waals surface area (Å²) in [6.45, 7) is 5.80. The van der Waals surface area contributed by atoms with Crippen molar-refractivity contribution in [2.75, 3.05) is 10.6 Å². The van der Waals surface area contributed by atoms with Gasteiger partial charge in [0.1, 0.15) is 17.3 Å². The van der Waals surface area contributed by atoms with Crippen molar-refractivity contribution in [1.29, 1.82) is 0 Å². The Morgan fingerprint density at radius 2 is 1.55 bits per heavy atom. The molecule has 0 unspecified atom stereocenters. The highest BCUT2D eigenvalue weighted by Gasteiger charge is 2.33. The predicted octanol–water partition coefficient (Wildman–Crippen LogP) is 7.45. The average Bonchev–Trinajstić information content (AvgIpc) is 2.64. The molecule has 0 bridgehead atoms. The molecule has 0 saturated carbocycles. The molecule has 29 heavy (non-hydrogen) atoms. The van der Waals surface area contributed by atoms with Crippen molar-refractivity contribution in [2.45, 2.75) is 13.1 Å². The van der Waals surface area contributed by atoms with Crippen molar-refractivity contribution in [3.05, 3.63) is 95.3 Å². The lowest BCUT2D eigenvalue weighted by Crippen LogP contribution is -2.10. The van der Waals surface area contributed by atoms with E-state index in [1.165, 1.54) is 12.1 Å². The van der Waals surface area contributed by atoms with Gasteiger partial charge in [-0.25, -0.2) is 0 Å². The van der Waals surface area contributed by atoms with Gasteiger partial charge in [0, 0.05) is 17.4 Å². The van der Waals surface area contributed by atoms with E-state index in [0.29, 0.717) is 23.0 Å². The van der Waals surface area contributed by atoms with Gasteiger partial charge in [0.05, 0.1) is 10.6 Å². The Bertz CT molecular complexity index is 1020. The minimum Gasteiger partial charge on any atom is -0.457 e. The van der Waals surface area contributed by atoms with Crippen LogP contribution < -0.4 is 15.4 Å². The SMILES string of the molecule is C=C(Nc1cccc(Oc2ccc(C)cc2)c1)Nc1ccc(Cl)c(C(F)(F)F)c1. The standard InChI is InChI=1S/C22H18ClF3N2O/c1-14-6-9-18(10-7-14)29-19-5-3-4-16(12-19)27-15(2)28-17-8-11-21(23)20(13-17)22(24,25)26/h3-13,27-28H,2H2,1H3. The zero-order valence-corrected chi connectivity index (χ0v) is 16.2. The quantitative estimate of drug-likeness (QED) is 0.436. The van der Waals surface area contributed by atoms with Crippen LogP contribution >= 0.6 is 11.6 Å². The highest BCUT2D eigenvalue weighted by molar-refractivity contribution is 6.31. The third-order valence-electron chi connectivity index (χ3n) is 3.95. The molecule has 0 heterocycles. The first-order valence-electron chi connectivity index (χ1n) is 8.65.